The number of nitrogens with zero attached hydrogens (tertiary/aromatic N) is 2. The lowest BCUT2D eigenvalue weighted by atomic mass is 10.3. The third-order valence-corrected chi connectivity index (χ3v) is 3.50. The summed E-state index contributed by atoms with van der Waals surface area (Å²) in [6.07, 6.45) is 0.326. The van der Waals surface area contributed by atoms with Gasteiger partial charge in [-0.15, -0.1) is 24.8 Å². The molecular weight excluding hydrogens is 325 g/mol. The number of aryl methyl sites for hydroxylation is 1. The molecule has 1 aromatic heterocycles. The summed E-state index contributed by atoms with van der Waals surface area (Å²) in [5.41, 5.74) is 7.38. The van der Waals surface area contributed by atoms with Gasteiger partial charge in [0.1, 0.15) is 5.82 Å². The molecule has 0 fully saturated rings. The van der Waals surface area contributed by atoms with E-state index in [1.54, 1.807) is 0 Å². The van der Waals surface area contributed by atoms with Crippen molar-refractivity contribution in [3.63, 3.8) is 0 Å². The molecule has 0 saturated carbocycles. The van der Waals surface area contributed by atoms with Gasteiger partial charge in [-0.1, -0.05) is 12.1 Å². The average molecular weight is 342 g/mol. The molecule has 20 heavy (non-hydrogen) atoms. The van der Waals surface area contributed by atoms with Gasteiger partial charge in [0.15, 0.2) is 0 Å². The first-order valence-electron chi connectivity index (χ1n) is 5.60. The fourth-order valence-electron chi connectivity index (χ4n) is 1.94. The van der Waals surface area contributed by atoms with Crippen molar-refractivity contribution in [3.8, 4) is 0 Å². The molecule has 2 rings (SSSR count). The highest BCUT2D eigenvalue weighted by Gasteiger charge is 2.10. The second-order valence-electron chi connectivity index (χ2n) is 4.01. The fourth-order valence-corrected chi connectivity index (χ4v) is 2.43. The van der Waals surface area contributed by atoms with Crippen LogP contribution in [0.15, 0.2) is 24.3 Å². The molecule has 114 valence electrons. The maximum atomic E-state index is 10.7. The van der Waals surface area contributed by atoms with E-state index < -0.39 is 10.1 Å². The molecule has 0 unspecified atom stereocenters. The smallest absolute Gasteiger partial charge is 0.264 e. The van der Waals surface area contributed by atoms with E-state index in [2.05, 4.69) is 4.98 Å². The third kappa shape index (κ3) is 4.60. The Balaban J connectivity index is 0.00000180. The van der Waals surface area contributed by atoms with Crippen molar-refractivity contribution < 1.29 is 13.0 Å². The van der Waals surface area contributed by atoms with Gasteiger partial charge in [0.25, 0.3) is 10.1 Å². The van der Waals surface area contributed by atoms with E-state index in [1.165, 1.54) is 0 Å². The van der Waals surface area contributed by atoms with Crippen molar-refractivity contribution in [1.29, 1.82) is 0 Å². The number of aromatic nitrogens is 2. The predicted octanol–water partition coefficient (Wildman–Crippen LogP) is 1.62. The van der Waals surface area contributed by atoms with E-state index in [1.807, 2.05) is 28.8 Å². The number of fused-ring (bicyclic) bond motifs is 1. The minimum atomic E-state index is -3.92. The summed E-state index contributed by atoms with van der Waals surface area (Å²) in [4.78, 5) is 4.37. The quantitative estimate of drug-likeness (QED) is 0.805. The van der Waals surface area contributed by atoms with Gasteiger partial charge in [0, 0.05) is 6.54 Å². The van der Waals surface area contributed by atoms with Crippen molar-refractivity contribution in [2.45, 2.75) is 19.5 Å². The monoisotopic (exact) mass is 341 g/mol. The first-order valence-corrected chi connectivity index (χ1v) is 7.21. The zero-order valence-corrected chi connectivity index (χ0v) is 13.0. The fraction of sp³-hybridized carbons (Fsp3) is 0.364. The van der Waals surface area contributed by atoms with Gasteiger partial charge < -0.3 is 10.3 Å². The maximum Gasteiger partial charge on any atom is 0.264 e. The number of rotatable bonds is 5. The van der Waals surface area contributed by atoms with Crippen molar-refractivity contribution >= 4 is 46.0 Å². The molecule has 1 aromatic carbocycles. The van der Waals surface area contributed by atoms with Gasteiger partial charge >= 0.3 is 0 Å². The van der Waals surface area contributed by atoms with E-state index in [0.717, 1.165) is 11.0 Å². The summed E-state index contributed by atoms with van der Waals surface area (Å²) in [7, 11) is -3.92. The van der Waals surface area contributed by atoms with Crippen LogP contribution in [0.2, 0.25) is 0 Å². The van der Waals surface area contributed by atoms with E-state index >= 15 is 0 Å². The van der Waals surface area contributed by atoms with E-state index in [0.29, 0.717) is 25.3 Å². The Bertz CT molecular complexity index is 658. The Kier molecular flexibility index (Phi) is 7.46. The van der Waals surface area contributed by atoms with Crippen LogP contribution in [0.1, 0.15) is 12.2 Å². The largest absolute Gasteiger partial charge is 0.327 e. The van der Waals surface area contributed by atoms with Crippen LogP contribution >= 0.6 is 24.8 Å². The number of nitrogens with two attached hydrogens (primary N) is 1. The van der Waals surface area contributed by atoms with E-state index in [-0.39, 0.29) is 30.6 Å². The molecular formula is C11H17Cl2N3O3S. The molecule has 6 nitrogen and oxygen atoms in total. The van der Waals surface area contributed by atoms with E-state index in [9.17, 15) is 8.42 Å². The van der Waals surface area contributed by atoms with Gasteiger partial charge in [-0.3, -0.25) is 4.55 Å². The second kappa shape index (κ2) is 7.80. The first-order chi connectivity index (χ1) is 8.51. The van der Waals surface area contributed by atoms with Gasteiger partial charge in [-0.2, -0.15) is 8.42 Å². The van der Waals surface area contributed by atoms with Gasteiger partial charge in [-0.25, -0.2) is 4.98 Å². The highest BCUT2D eigenvalue weighted by molar-refractivity contribution is 7.85. The van der Waals surface area contributed by atoms with Crippen LogP contribution in [0, 0.1) is 0 Å². The normalized spacial score (nSPS) is 10.9. The molecule has 0 aliphatic carbocycles. The van der Waals surface area contributed by atoms with Crippen LogP contribution in [0.5, 0.6) is 0 Å². The van der Waals surface area contributed by atoms with Crippen LogP contribution in [-0.2, 0) is 23.2 Å². The number of hydrogen-bond donors (Lipinski definition) is 2. The first kappa shape index (κ1) is 19.1. The molecule has 2 aromatic rings. The van der Waals surface area contributed by atoms with Crippen LogP contribution < -0.4 is 5.73 Å². The Labute approximate surface area is 129 Å². The van der Waals surface area contributed by atoms with Crippen molar-refractivity contribution in [1.82, 2.24) is 9.55 Å². The molecule has 0 atom stereocenters. The zero-order valence-electron chi connectivity index (χ0n) is 10.6. The summed E-state index contributed by atoms with van der Waals surface area (Å²) in [6, 6.07) is 7.57. The maximum absolute atomic E-state index is 10.7. The van der Waals surface area contributed by atoms with Crippen molar-refractivity contribution in [3.05, 3.63) is 30.1 Å². The average Bonchev–Trinajstić information content (AvgIpc) is 2.66. The van der Waals surface area contributed by atoms with Crippen LogP contribution in [0.3, 0.4) is 0 Å². The number of benzene rings is 1. The van der Waals surface area contributed by atoms with E-state index in [4.69, 9.17) is 10.3 Å². The molecule has 0 saturated heterocycles. The Morgan fingerprint density at radius 3 is 2.50 bits per heavy atom. The zero-order chi connectivity index (χ0) is 13.2. The minimum Gasteiger partial charge on any atom is -0.327 e. The molecule has 0 bridgehead atoms. The molecule has 0 spiro atoms. The molecule has 3 N–H and O–H groups in total. The highest BCUT2D eigenvalue weighted by Crippen LogP contribution is 2.16. The topological polar surface area (TPSA) is 98.2 Å². The standard InChI is InChI=1S/C11H15N3O3S.2ClH/c12-8-11-13-9-4-1-2-5-10(9)14(11)6-3-7-18(15,16)17;;/h1-2,4-5H,3,6-8,12H2,(H,15,16,17);2*1H. The van der Waals surface area contributed by atoms with Crippen LogP contribution in [-0.4, -0.2) is 28.3 Å². The van der Waals surface area contributed by atoms with Gasteiger partial charge in [-0.05, 0) is 18.6 Å². The molecule has 0 radical (unpaired) electrons. The third-order valence-electron chi connectivity index (χ3n) is 2.70. The predicted molar refractivity (Wildman–Crippen MR) is 83.2 cm³/mol. The molecule has 0 amide bonds. The lowest BCUT2D eigenvalue weighted by Crippen LogP contribution is -2.12. The SMILES string of the molecule is Cl.Cl.NCc1nc2ccccc2n1CCCS(=O)(=O)O. The molecule has 0 aliphatic rings. The van der Waals surface area contributed by atoms with Gasteiger partial charge in [0.2, 0.25) is 0 Å². The van der Waals surface area contributed by atoms with Crippen molar-refractivity contribution in [2.24, 2.45) is 5.73 Å². The van der Waals surface area contributed by atoms with Crippen LogP contribution in [0.4, 0.5) is 0 Å². The second-order valence-corrected chi connectivity index (χ2v) is 5.58. The summed E-state index contributed by atoms with van der Waals surface area (Å²) < 4.78 is 32.0. The molecule has 9 heteroatoms. The summed E-state index contributed by atoms with van der Waals surface area (Å²) in [5.74, 6) is 0.454. The number of imidazole rings is 1. The summed E-state index contributed by atoms with van der Waals surface area (Å²) in [6.45, 7) is 0.757. The Hall–Kier alpha value is -0.860. The Morgan fingerprint density at radius 1 is 1.25 bits per heavy atom. The lowest BCUT2D eigenvalue weighted by Gasteiger charge is -2.06. The lowest BCUT2D eigenvalue weighted by molar-refractivity contribution is 0.478. The van der Waals surface area contributed by atoms with Crippen molar-refractivity contribution in [2.75, 3.05) is 5.75 Å². The number of para-hydroxylation sites is 2. The number of halogens is 2. The summed E-state index contributed by atoms with van der Waals surface area (Å²) >= 11 is 0. The number of hydrogen-bond acceptors (Lipinski definition) is 4. The highest BCUT2D eigenvalue weighted by atomic mass is 35.5. The van der Waals surface area contributed by atoms with Crippen LogP contribution in [0.25, 0.3) is 11.0 Å². The molecule has 1 heterocycles. The van der Waals surface area contributed by atoms with Gasteiger partial charge in [0.05, 0.1) is 23.3 Å². The minimum absolute atomic E-state index is 0. The molecule has 0 aliphatic heterocycles. The Morgan fingerprint density at radius 2 is 1.90 bits per heavy atom. The summed E-state index contributed by atoms with van der Waals surface area (Å²) in [5, 5.41) is 0.